The van der Waals surface area contributed by atoms with Gasteiger partial charge in [-0.05, 0) is 5.56 Å². The first-order valence-electron chi connectivity index (χ1n) is 6.80. The van der Waals surface area contributed by atoms with Gasteiger partial charge in [-0.1, -0.05) is 30.3 Å². The van der Waals surface area contributed by atoms with E-state index in [0.717, 1.165) is 0 Å². The summed E-state index contributed by atoms with van der Waals surface area (Å²) in [5, 5.41) is 21.4. The molecule has 0 spiro atoms. The van der Waals surface area contributed by atoms with Crippen LogP contribution in [-0.4, -0.2) is 58.1 Å². The number of aliphatic hydroxyl groups is 2. The number of nitrogens with one attached hydrogen (secondary N) is 1. The van der Waals surface area contributed by atoms with Gasteiger partial charge in [0.2, 0.25) is 0 Å². The highest BCUT2D eigenvalue weighted by Gasteiger charge is 2.42. The van der Waals surface area contributed by atoms with E-state index in [1.165, 1.54) is 5.01 Å². The van der Waals surface area contributed by atoms with Gasteiger partial charge in [-0.15, -0.1) is 23.2 Å². The van der Waals surface area contributed by atoms with Crippen molar-refractivity contribution >= 4 is 29.1 Å². The molecule has 0 radical (unpaired) electrons. The Morgan fingerprint density at radius 3 is 2.27 bits per heavy atom. The van der Waals surface area contributed by atoms with Crippen LogP contribution in [0.1, 0.15) is 11.7 Å². The first-order valence-corrected chi connectivity index (χ1v) is 7.87. The first kappa shape index (κ1) is 19.2. The SMILES string of the molecule is NC(CO)(C(=O)NN(CCCl)CCCl)C(O)c1ccccc1. The molecule has 1 amide bonds. The summed E-state index contributed by atoms with van der Waals surface area (Å²) in [5.41, 5.74) is 7.06. The molecule has 1 aromatic carbocycles. The van der Waals surface area contributed by atoms with Gasteiger partial charge >= 0.3 is 0 Å². The molecular formula is C14H21Cl2N3O3. The van der Waals surface area contributed by atoms with Crippen LogP contribution in [0.4, 0.5) is 0 Å². The first-order chi connectivity index (χ1) is 10.5. The molecule has 0 bridgehead atoms. The van der Waals surface area contributed by atoms with Crippen molar-refractivity contribution in [2.45, 2.75) is 11.6 Å². The van der Waals surface area contributed by atoms with Crippen molar-refractivity contribution < 1.29 is 15.0 Å². The number of alkyl halides is 2. The molecule has 0 heterocycles. The largest absolute Gasteiger partial charge is 0.394 e. The zero-order valence-corrected chi connectivity index (χ0v) is 13.6. The average Bonchev–Trinajstić information content (AvgIpc) is 2.54. The highest BCUT2D eigenvalue weighted by Crippen LogP contribution is 2.24. The number of halogens is 2. The van der Waals surface area contributed by atoms with E-state index in [4.69, 9.17) is 28.9 Å². The Kier molecular flexibility index (Phi) is 8.09. The second-order valence-corrected chi connectivity index (χ2v) is 5.57. The van der Waals surface area contributed by atoms with E-state index < -0.39 is 24.2 Å². The molecule has 0 saturated heterocycles. The van der Waals surface area contributed by atoms with Crippen LogP contribution in [0, 0.1) is 0 Å². The lowest BCUT2D eigenvalue weighted by Crippen LogP contribution is -2.63. The minimum atomic E-state index is -1.88. The van der Waals surface area contributed by atoms with Crippen LogP contribution in [0.15, 0.2) is 30.3 Å². The topological polar surface area (TPSA) is 98.8 Å². The van der Waals surface area contributed by atoms with Crippen molar-refractivity contribution in [2.24, 2.45) is 5.73 Å². The Morgan fingerprint density at radius 2 is 1.82 bits per heavy atom. The second kappa shape index (κ2) is 9.29. The molecule has 0 saturated carbocycles. The zero-order chi connectivity index (χ0) is 16.6. The molecule has 2 unspecified atom stereocenters. The fourth-order valence-corrected chi connectivity index (χ4v) is 2.30. The standard InChI is InChI=1S/C14H21Cl2N3O3/c15-6-8-19(9-7-16)18-13(22)14(17,10-20)12(21)11-4-2-1-3-5-11/h1-5,12,20-21H,6-10,17H2,(H,18,22). The lowest BCUT2D eigenvalue weighted by atomic mass is 9.88. The number of benzene rings is 1. The van der Waals surface area contributed by atoms with Crippen molar-refractivity contribution in [3.8, 4) is 0 Å². The van der Waals surface area contributed by atoms with E-state index >= 15 is 0 Å². The number of carbonyl (C=O) groups excluding carboxylic acids is 1. The summed E-state index contributed by atoms with van der Waals surface area (Å²) in [7, 11) is 0. The van der Waals surface area contributed by atoms with Gasteiger partial charge in [0.1, 0.15) is 6.10 Å². The molecule has 0 aromatic heterocycles. The van der Waals surface area contributed by atoms with Crippen molar-refractivity contribution in [2.75, 3.05) is 31.5 Å². The molecule has 1 aromatic rings. The third-order valence-electron chi connectivity index (χ3n) is 3.26. The Labute approximate surface area is 139 Å². The molecular weight excluding hydrogens is 329 g/mol. The number of hydrogen-bond acceptors (Lipinski definition) is 5. The Hall–Kier alpha value is -0.890. The molecule has 2 atom stereocenters. The van der Waals surface area contributed by atoms with Gasteiger partial charge in [0.25, 0.3) is 5.91 Å². The predicted molar refractivity (Wildman–Crippen MR) is 86.6 cm³/mol. The van der Waals surface area contributed by atoms with E-state index in [9.17, 15) is 15.0 Å². The number of hydrogen-bond donors (Lipinski definition) is 4. The second-order valence-electron chi connectivity index (χ2n) is 4.82. The van der Waals surface area contributed by atoms with Crippen molar-refractivity contribution in [3.63, 3.8) is 0 Å². The number of amides is 1. The third-order valence-corrected chi connectivity index (χ3v) is 3.59. The fourth-order valence-electron chi connectivity index (χ4n) is 1.89. The summed E-state index contributed by atoms with van der Waals surface area (Å²) in [6, 6.07) is 8.45. The van der Waals surface area contributed by atoms with Crippen LogP contribution in [0.2, 0.25) is 0 Å². The van der Waals surface area contributed by atoms with E-state index in [1.54, 1.807) is 30.3 Å². The lowest BCUT2D eigenvalue weighted by molar-refractivity contribution is -0.138. The highest BCUT2D eigenvalue weighted by molar-refractivity contribution is 6.18. The molecule has 124 valence electrons. The summed E-state index contributed by atoms with van der Waals surface area (Å²) in [5.74, 6) is -0.133. The maximum absolute atomic E-state index is 12.4. The fraction of sp³-hybridized carbons (Fsp3) is 0.500. The predicted octanol–water partition coefficient (Wildman–Crippen LogP) is 0.221. The number of nitrogens with two attached hydrogens (primary N) is 1. The smallest absolute Gasteiger partial charge is 0.259 e. The van der Waals surface area contributed by atoms with Gasteiger partial charge in [-0.25, -0.2) is 5.01 Å². The molecule has 5 N–H and O–H groups in total. The van der Waals surface area contributed by atoms with Crippen molar-refractivity contribution in [3.05, 3.63) is 35.9 Å². The van der Waals surface area contributed by atoms with Gasteiger partial charge in [0.05, 0.1) is 6.61 Å². The normalized spacial score (nSPS) is 15.4. The summed E-state index contributed by atoms with van der Waals surface area (Å²) >= 11 is 11.3. The number of carbonyl (C=O) groups is 1. The van der Waals surface area contributed by atoms with Crippen LogP contribution in [-0.2, 0) is 4.79 Å². The van der Waals surface area contributed by atoms with Gasteiger partial charge in [-0.3, -0.25) is 10.2 Å². The minimum absolute atomic E-state index is 0.287. The number of hydrazine groups is 1. The maximum atomic E-state index is 12.4. The average molecular weight is 350 g/mol. The third kappa shape index (κ3) is 4.81. The van der Waals surface area contributed by atoms with Crippen LogP contribution >= 0.6 is 23.2 Å². The molecule has 0 aliphatic heterocycles. The lowest BCUT2D eigenvalue weighted by Gasteiger charge is -2.33. The molecule has 22 heavy (non-hydrogen) atoms. The number of aliphatic hydroxyl groups excluding tert-OH is 2. The van der Waals surface area contributed by atoms with E-state index in [2.05, 4.69) is 5.43 Å². The molecule has 0 aliphatic carbocycles. The summed E-state index contributed by atoms with van der Waals surface area (Å²) in [6.45, 7) is 0.0103. The van der Waals surface area contributed by atoms with Gasteiger partial charge < -0.3 is 15.9 Å². The molecule has 0 aliphatic rings. The van der Waals surface area contributed by atoms with E-state index in [-0.39, 0.29) is 11.8 Å². The summed E-state index contributed by atoms with van der Waals surface area (Å²) in [4.78, 5) is 12.4. The Morgan fingerprint density at radius 1 is 1.27 bits per heavy atom. The minimum Gasteiger partial charge on any atom is -0.394 e. The highest BCUT2D eigenvalue weighted by atomic mass is 35.5. The molecule has 6 nitrogen and oxygen atoms in total. The van der Waals surface area contributed by atoms with Crippen LogP contribution in [0.3, 0.4) is 0 Å². The van der Waals surface area contributed by atoms with E-state index in [1.807, 2.05) is 0 Å². The van der Waals surface area contributed by atoms with Gasteiger partial charge in [-0.2, -0.15) is 0 Å². The van der Waals surface area contributed by atoms with Crippen molar-refractivity contribution in [1.29, 1.82) is 0 Å². The number of rotatable bonds is 9. The summed E-state index contributed by atoms with van der Waals surface area (Å²) in [6.07, 6.45) is -1.35. The maximum Gasteiger partial charge on any atom is 0.259 e. The number of nitrogens with zero attached hydrogens (tertiary/aromatic N) is 1. The summed E-state index contributed by atoms with van der Waals surface area (Å²) < 4.78 is 0. The van der Waals surface area contributed by atoms with Crippen molar-refractivity contribution in [1.82, 2.24) is 10.4 Å². The van der Waals surface area contributed by atoms with Gasteiger partial charge in [0.15, 0.2) is 5.54 Å². The van der Waals surface area contributed by atoms with E-state index in [0.29, 0.717) is 18.7 Å². The molecule has 8 heteroatoms. The Bertz CT molecular complexity index is 458. The van der Waals surface area contributed by atoms with Crippen LogP contribution in [0.5, 0.6) is 0 Å². The quantitative estimate of drug-likeness (QED) is 0.377. The molecule has 1 rings (SSSR count). The molecule has 0 fully saturated rings. The van der Waals surface area contributed by atoms with Crippen LogP contribution < -0.4 is 11.2 Å². The van der Waals surface area contributed by atoms with Crippen LogP contribution in [0.25, 0.3) is 0 Å². The van der Waals surface area contributed by atoms with Gasteiger partial charge in [0, 0.05) is 24.8 Å². The monoisotopic (exact) mass is 349 g/mol. The Balaban J connectivity index is 2.89. The zero-order valence-electron chi connectivity index (χ0n) is 12.1.